The lowest BCUT2D eigenvalue weighted by atomic mass is 10.0. The summed E-state index contributed by atoms with van der Waals surface area (Å²) < 4.78 is 8.11. The Balaban J connectivity index is 1.41. The molecule has 6 heteroatoms. The van der Waals surface area contributed by atoms with E-state index in [4.69, 9.17) is 9.84 Å². The Kier molecular flexibility index (Phi) is 6.32. The van der Waals surface area contributed by atoms with Gasteiger partial charge in [0.1, 0.15) is 23.9 Å². The highest BCUT2D eigenvalue weighted by Crippen LogP contribution is 2.41. The quantitative estimate of drug-likeness (QED) is 0.400. The SMILES string of the molecule is CC(C)c1ccc(COc2ccc(-c3c(-c4ccncc4)nn4c3N(CCO)CC4)cc2)cc1. The van der Waals surface area contributed by atoms with Crippen LogP contribution in [-0.2, 0) is 13.2 Å². The summed E-state index contributed by atoms with van der Waals surface area (Å²) in [7, 11) is 0. The standard InChI is InChI=1S/C28H30N4O2/c1-20(2)22-5-3-21(4-6-22)19-34-25-9-7-23(8-10-25)26-27(24-11-13-29-14-12-24)30-32-16-15-31(17-18-33)28(26)32/h3-14,20,33H,15-19H2,1-2H3. The third-order valence-corrected chi connectivity index (χ3v) is 6.33. The van der Waals surface area contributed by atoms with E-state index in [1.54, 1.807) is 12.4 Å². The Morgan fingerprint density at radius 3 is 2.32 bits per heavy atom. The number of nitrogens with zero attached hydrogens (tertiary/aromatic N) is 4. The molecule has 0 fully saturated rings. The zero-order valence-corrected chi connectivity index (χ0v) is 19.7. The highest BCUT2D eigenvalue weighted by Gasteiger charge is 2.28. The van der Waals surface area contributed by atoms with E-state index in [9.17, 15) is 5.11 Å². The lowest BCUT2D eigenvalue weighted by Gasteiger charge is -2.18. The van der Waals surface area contributed by atoms with Crippen molar-refractivity contribution in [2.75, 3.05) is 24.6 Å². The van der Waals surface area contributed by atoms with Gasteiger partial charge in [-0.3, -0.25) is 4.98 Å². The molecule has 1 aliphatic rings. The molecule has 6 nitrogen and oxygen atoms in total. The van der Waals surface area contributed by atoms with Crippen LogP contribution in [0.3, 0.4) is 0 Å². The molecule has 0 radical (unpaired) electrons. The van der Waals surface area contributed by atoms with Crippen LogP contribution in [0.15, 0.2) is 73.1 Å². The maximum atomic E-state index is 9.57. The fourth-order valence-electron chi connectivity index (χ4n) is 4.45. The molecule has 0 atom stereocenters. The number of aliphatic hydroxyl groups excluding tert-OH is 1. The van der Waals surface area contributed by atoms with Crippen LogP contribution in [0.25, 0.3) is 22.4 Å². The molecule has 0 saturated carbocycles. The summed E-state index contributed by atoms with van der Waals surface area (Å²) in [5.41, 5.74) is 6.60. The fraction of sp³-hybridized carbons (Fsp3) is 0.286. The van der Waals surface area contributed by atoms with Gasteiger partial charge in [-0.25, -0.2) is 4.68 Å². The molecule has 0 spiro atoms. The van der Waals surface area contributed by atoms with Gasteiger partial charge in [0, 0.05) is 31.0 Å². The van der Waals surface area contributed by atoms with Crippen molar-refractivity contribution in [3.05, 3.63) is 84.2 Å². The Hall–Kier alpha value is -3.64. The summed E-state index contributed by atoms with van der Waals surface area (Å²) in [6.07, 6.45) is 3.58. The molecule has 2 aromatic heterocycles. The zero-order chi connectivity index (χ0) is 23.5. The largest absolute Gasteiger partial charge is 0.489 e. The number of fused-ring (bicyclic) bond motifs is 1. The molecule has 0 amide bonds. The first-order chi connectivity index (χ1) is 16.6. The molecule has 1 N–H and O–H groups in total. The van der Waals surface area contributed by atoms with E-state index in [1.807, 2.05) is 28.9 Å². The number of aliphatic hydroxyl groups is 1. The van der Waals surface area contributed by atoms with Crippen LogP contribution in [0.2, 0.25) is 0 Å². The van der Waals surface area contributed by atoms with Crippen molar-refractivity contribution in [1.29, 1.82) is 0 Å². The van der Waals surface area contributed by atoms with Gasteiger partial charge in [-0.2, -0.15) is 5.10 Å². The first-order valence-corrected chi connectivity index (χ1v) is 11.8. The summed E-state index contributed by atoms with van der Waals surface area (Å²) in [5, 5.41) is 14.5. The third-order valence-electron chi connectivity index (χ3n) is 6.33. The Morgan fingerprint density at radius 1 is 0.912 bits per heavy atom. The number of aromatic nitrogens is 3. The number of pyridine rings is 1. The first kappa shape index (κ1) is 22.2. The van der Waals surface area contributed by atoms with Gasteiger partial charge < -0.3 is 14.7 Å². The lowest BCUT2D eigenvalue weighted by Crippen LogP contribution is -2.24. The number of hydrogen-bond donors (Lipinski definition) is 1. The maximum Gasteiger partial charge on any atom is 0.135 e. The van der Waals surface area contributed by atoms with E-state index in [1.165, 1.54) is 5.56 Å². The number of hydrogen-bond acceptors (Lipinski definition) is 5. The number of anilines is 1. The number of benzene rings is 2. The molecular weight excluding hydrogens is 424 g/mol. The summed E-state index contributed by atoms with van der Waals surface area (Å²) in [6.45, 7) is 7.30. The van der Waals surface area contributed by atoms with Crippen LogP contribution in [0.4, 0.5) is 5.82 Å². The molecule has 5 rings (SSSR count). The first-order valence-electron chi connectivity index (χ1n) is 11.8. The minimum absolute atomic E-state index is 0.111. The molecule has 0 saturated heterocycles. The average Bonchev–Trinajstić information content (AvgIpc) is 3.44. The lowest BCUT2D eigenvalue weighted by molar-refractivity contribution is 0.303. The van der Waals surface area contributed by atoms with Gasteiger partial charge in [0.2, 0.25) is 0 Å². The van der Waals surface area contributed by atoms with Gasteiger partial charge in [0.15, 0.2) is 0 Å². The van der Waals surface area contributed by atoms with E-state index in [0.717, 1.165) is 52.6 Å². The number of ether oxygens (including phenoxy) is 1. The van der Waals surface area contributed by atoms with E-state index in [-0.39, 0.29) is 6.61 Å². The van der Waals surface area contributed by atoms with Gasteiger partial charge in [0.05, 0.1) is 18.7 Å². The van der Waals surface area contributed by atoms with Crippen molar-refractivity contribution in [1.82, 2.24) is 14.8 Å². The Bertz CT molecular complexity index is 1230. The van der Waals surface area contributed by atoms with Gasteiger partial charge in [-0.15, -0.1) is 0 Å². The van der Waals surface area contributed by atoms with Crippen molar-refractivity contribution in [2.45, 2.75) is 32.9 Å². The summed E-state index contributed by atoms with van der Waals surface area (Å²) in [4.78, 5) is 6.36. The molecule has 0 unspecified atom stereocenters. The smallest absolute Gasteiger partial charge is 0.135 e. The molecule has 3 heterocycles. The maximum absolute atomic E-state index is 9.57. The van der Waals surface area contributed by atoms with Gasteiger partial charge in [0.25, 0.3) is 0 Å². The van der Waals surface area contributed by atoms with Crippen molar-refractivity contribution >= 4 is 5.82 Å². The summed E-state index contributed by atoms with van der Waals surface area (Å²) in [6, 6.07) is 20.8. The van der Waals surface area contributed by atoms with E-state index in [0.29, 0.717) is 19.1 Å². The Labute approximate surface area is 200 Å². The summed E-state index contributed by atoms with van der Waals surface area (Å²) in [5.74, 6) is 2.41. The van der Waals surface area contributed by atoms with E-state index in [2.05, 4.69) is 60.1 Å². The minimum atomic E-state index is 0.111. The predicted molar refractivity (Wildman–Crippen MR) is 135 cm³/mol. The summed E-state index contributed by atoms with van der Waals surface area (Å²) >= 11 is 0. The van der Waals surface area contributed by atoms with Crippen LogP contribution in [0.1, 0.15) is 30.9 Å². The molecule has 1 aliphatic heterocycles. The minimum Gasteiger partial charge on any atom is -0.489 e. The normalized spacial score (nSPS) is 12.9. The second-order valence-electron chi connectivity index (χ2n) is 8.93. The average molecular weight is 455 g/mol. The topological polar surface area (TPSA) is 63.4 Å². The van der Waals surface area contributed by atoms with Crippen LogP contribution in [0.5, 0.6) is 5.75 Å². The molecule has 2 aromatic carbocycles. The molecular formula is C28H30N4O2. The van der Waals surface area contributed by atoms with Crippen LogP contribution >= 0.6 is 0 Å². The van der Waals surface area contributed by atoms with Crippen LogP contribution in [0, 0.1) is 0 Å². The monoisotopic (exact) mass is 454 g/mol. The van der Waals surface area contributed by atoms with E-state index >= 15 is 0 Å². The number of rotatable bonds is 8. The number of β-amino-alcohol motifs (C(OH)–C–C–N with tert-alkyl or cyclic N) is 1. The van der Waals surface area contributed by atoms with Crippen LogP contribution in [-0.4, -0.2) is 39.6 Å². The second-order valence-corrected chi connectivity index (χ2v) is 8.93. The predicted octanol–water partition coefficient (Wildman–Crippen LogP) is 5.13. The van der Waals surface area contributed by atoms with Gasteiger partial charge in [-0.05, 0) is 46.9 Å². The highest BCUT2D eigenvalue weighted by molar-refractivity contribution is 5.90. The second kappa shape index (κ2) is 9.69. The van der Waals surface area contributed by atoms with E-state index < -0.39 is 0 Å². The molecule has 0 bridgehead atoms. The Morgan fingerprint density at radius 2 is 1.65 bits per heavy atom. The van der Waals surface area contributed by atoms with Gasteiger partial charge in [-0.1, -0.05) is 50.2 Å². The molecule has 174 valence electrons. The zero-order valence-electron chi connectivity index (χ0n) is 19.7. The highest BCUT2D eigenvalue weighted by atomic mass is 16.5. The molecule has 0 aliphatic carbocycles. The van der Waals surface area contributed by atoms with Crippen molar-refractivity contribution in [3.8, 4) is 28.1 Å². The van der Waals surface area contributed by atoms with Gasteiger partial charge >= 0.3 is 0 Å². The van der Waals surface area contributed by atoms with Crippen LogP contribution < -0.4 is 9.64 Å². The fourth-order valence-corrected chi connectivity index (χ4v) is 4.45. The molecule has 4 aromatic rings. The van der Waals surface area contributed by atoms with Crippen molar-refractivity contribution in [2.24, 2.45) is 0 Å². The van der Waals surface area contributed by atoms with Crippen molar-refractivity contribution < 1.29 is 9.84 Å². The third kappa shape index (κ3) is 4.41. The van der Waals surface area contributed by atoms with Crippen molar-refractivity contribution in [3.63, 3.8) is 0 Å². The molecule has 34 heavy (non-hydrogen) atoms.